The highest BCUT2D eigenvalue weighted by Gasteiger charge is 2.47. The Morgan fingerprint density at radius 2 is 0.850 bits per heavy atom. The third-order valence-electron chi connectivity index (χ3n) is 11.6. The van der Waals surface area contributed by atoms with Gasteiger partial charge in [-0.2, -0.15) is 0 Å². The average molecular weight is 865 g/mol. The monoisotopic (exact) mass is 865 g/mol. The van der Waals surface area contributed by atoms with Crippen LogP contribution >= 0.6 is 0 Å². The molecular formula is C45H84O15. The molecule has 0 aliphatic carbocycles. The van der Waals surface area contributed by atoms with Crippen LogP contribution in [0.15, 0.2) is 0 Å². The van der Waals surface area contributed by atoms with Crippen molar-refractivity contribution >= 4 is 11.9 Å². The fourth-order valence-electron chi connectivity index (χ4n) is 7.63. The molecule has 2 fully saturated rings. The Kier molecular flexibility index (Phi) is 30.9. The van der Waals surface area contributed by atoms with E-state index >= 15 is 0 Å². The van der Waals surface area contributed by atoms with E-state index in [0.29, 0.717) is 12.8 Å². The van der Waals surface area contributed by atoms with Gasteiger partial charge in [-0.3, -0.25) is 9.59 Å². The van der Waals surface area contributed by atoms with Crippen LogP contribution in [-0.2, 0) is 38.0 Å². The molecule has 0 spiro atoms. The van der Waals surface area contributed by atoms with Crippen molar-refractivity contribution in [3.05, 3.63) is 0 Å². The number of ether oxygens (including phenoxy) is 6. The van der Waals surface area contributed by atoms with Crippen LogP contribution in [0.2, 0.25) is 0 Å². The lowest BCUT2D eigenvalue weighted by Gasteiger charge is -2.42. The lowest BCUT2D eigenvalue weighted by atomic mass is 9.98. The summed E-state index contributed by atoms with van der Waals surface area (Å²) < 4.78 is 33.4. The lowest BCUT2D eigenvalue weighted by molar-refractivity contribution is -0.332. The maximum atomic E-state index is 12.9. The molecular weight excluding hydrogens is 780 g/mol. The van der Waals surface area contributed by atoms with Crippen LogP contribution in [0.3, 0.4) is 0 Å². The minimum absolute atomic E-state index is 0.172. The van der Waals surface area contributed by atoms with E-state index in [1.807, 2.05) is 0 Å². The molecule has 15 heteroatoms. The second kappa shape index (κ2) is 34.0. The van der Waals surface area contributed by atoms with E-state index in [1.165, 1.54) is 89.9 Å². The first-order valence-electron chi connectivity index (χ1n) is 23.6. The summed E-state index contributed by atoms with van der Waals surface area (Å²) in [6.07, 6.45) is 11.9. The van der Waals surface area contributed by atoms with Gasteiger partial charge in [0.15, 0.2) is 18.7 Å². The van der Waals surface area contributed by atoms with Gasteiger partial charge >= 0.3 is 11.9 Å². The molecule has 15 nitrogen and oxygen atoms in total. The number of aliphatic hydroxyl groups is 7. The number of aliphatic hydroxyl groups excluding tert-OH is 7. The predicted octanol–water partition coefficient (Wildman–Crippen LogP) is 5.26. The number of hydrogen-bond donors (Lipinski definition) is 7. The Hall–Kier alpha value is -1.50. The molecule has 2 heterocycles. The Labute approximate surface area is 359 Å². The van der Waals surface area contributed by atoms with E-state index in [4.69, 9.17) is 28.4 Å². The van der Waals surface area contributed by atoms with Gasteiger partial charge in [0.25, 0.3) is 0 Å². The maximum Gasteiger partial charge on any atom is 0.306 e. The largest absolute Gasteiger partial charge is 0.462 e. The van der Waals surface area contributed by atoms with E-state index in [2.05, 4.69) is 13.8 Å². The minimum atomic E-state index is -1.76. The van der Waals surface area contributed by atoms with Gasteiger partial charge in [-0.05, 0) is 12.8 Å². The SMILES string of the molecule is CCCCCCCCCCCCCCCCCCCCC(=O)OC(COC(=O)CCCCCCCC)COC1OC(COC2OC(CO)C(O)C(O)C2O)C(O)C(O)C1O. The number of hydrogen-bond acceptors (Lipinski definition) is 15. The van der Waals surface area contributed by atoms with Gasteiger partial charge in [0.1, 0.15) is 55.4 Å². The molecule has 0 bridgehead atoms. The van der Waals surface area contributed by atoms with E-state index in [9.17, 15) is 45.3 Å². The van der Waals surface area contributed by atoms with E-state index < -0.39 is 92.7 Å². The first-order valence-corrected chi connectivity index (χ1v) is 23.6. The molecule has 0 amide bonds. The number of rotatable bonds is 36. The fourth-order valence-corrected chi connectivity index (χ4v) is 7.63. The second-order valence-electron chi connectivity index (χ2n) is 17.0. The highest BCUT2D eigenvalue weighted by atomic mass is 16.7. The van der Waals surface area contributed by atoms with Crippen LogP contribution in [-0.4, -0.2) is 142 Å². The first-order chi connectivity index (χ1) is 29.0. The summed E-state index contributed by atoms with van der Waals surface area (Å²) in [5.74, 6) is -0.925. The Bertz CT molecular complexity index is 1070. The standard InChI is InChI=1S/C45H84O15/c1-3-5-7-9-11-12-13-14-15-16-17-18-19-20-21-22-24-26-28-37(48)58-33(30-55-36(47)27-25-23-10-8-6-4-2)31-56-44-43(54)41(52)39(50)35(60-44)32-57-45-42(53)40(51)38(49)34(29-46)59-45/h33-35,38-46,49-54H,3-32H2,1-2H3. The summed E-state index contributed by atoms with van der Waals surface area (Å²) in [5.41, 5.74) is 0. The Morgan fingerprint density at radius 3 is 1.30 bits per heavy atom. The fraction of sp³-hybridized carbons (Fsp3) is 0.956. The summed E-state index contributed by atoms with van der Waals surface area (Å²) in [6.45, 7) is 2.53. The summed E-state index contributed by atoms with van der Waals surface area (Å²) >= 11 is 0. The summed E-state index contributed by atoms with van der Waals surface area (Å²) in [6, 6.07) is 0. The number of esters is 2. The quantitative estimate of drug-likeness (QED) is 0.0315. The third kappa shape index (κ3) is 22.7. The first kappa shape index (κ1) is 54.6. The van der Waals surface area contributed by atoms with Crippen molar-refractivity contribution in [1.82, 2.24) is 0 Å². The van der Waals surface area contributed by atoms with Gasteiger partial charge in [0.2, 0.25) is 0 Å². The zero-order valence-corrected chi connectivity index (χ0v) is 37.0. The van der Waals surface area contributed by atoms with Gasteiger partial charge < -0.3 is 64.2 Å². The van der Waals surface area contributed by atoms with Crippen LogP contribution in [0, 0.1) is 0 Å². The molecule has 2 aliphatic rings. The molecule has 0 saturated carbocycles. The molecule has 2 saturated heterocycles. The molecule has 11 unspecified atom stereocenters. The second-order valence-corrected chi connectivity index (χ2v) is 17.0. The van der Waals surface area contributed by atoms with Crippen molar-refractivity contribution in [3.63, 3.8) is 0 Å². The Morgan fingerprint density at radius 1 is 0.467 bits per heavy atom. The molecule has 7 N–H and O–H groups in total. The topological polar surface area (TPSA) is 231 Å². The van der Waals surface area contributed by atoms with Crippen LogP contribution < -0.4 is 0 Å². The summed E-state index contributed by atoms with van der Waals surface area (Å²) in [7, 11) is 0. The normalized spacial score (nSPS) is 27.5. The molecule has 0 radical (unpaired) electrons. The molecule has 0 aromatic carbocycles. The van der Waals surface area contributed by atoms with Crippen LogP contribution in [0.4, 0.5) is 0 Å². The van der Waals surface area contributed by atoms with Crippen LogP contribution in [0.25, 0.3) is 0 Å². The smallest absolute Gasteiger partial charge is 0.306 e. The van der Waals surface area contributed by atoms with Crippen molar-refractivity contribution in [3.8, 4) is 0 Å². The number of unbranched alkanes of at least 4 members (excludes halogenated alkanes) is 22. The average Bonchev–Trinajstić information content (AvgIpc) is 3.24. The molecule has 60 heavy (non-hydrogen) atoms. The predicted molar refractivity (Wildman–Crippen MR) is 225 cm³/mol. The van der Waals surface area contributed by atoms with Crippen molar-refractivity contribution in [2.45, 2.75) is 248 Å². The van der Waals surface area contributed by atoms with Gasteiger partial charge in [-0.15, -0.1) is 0 Å². The van der Waals surface area contributed by atoms with Crippen molar-refractivity contribution < 1.29 is 73.8 Å². The molecule has 11 atom stereocenters. The van der Waals surface area contributed by atoms with Gasteiger partial charge in [0.05, 0.1) is 19.8 Å². The van der Waals surface area contributed by atoms with Crippen molar-refractivity contribution in [2.75, 3.05) is 26.4 Å². The number of carbonyl (C=O) groups is 2. The molecule has 0 aromatic rings. The molecule has 0 aromatic heterocycles. The Balaban J connectivity index is 1.77. The minimum Gasteiger partial charge on any atom is -0.462 e. The highest BCUT2D eigenvalue weighted by molar-refractivity contribution is 5.70. The van der Waals surface area contributed by atoms with Gasteiger partial charge in [-0.25, -0.2) is 0 Å². The number of carbonyl (C=O) groups excluding carboxylic acids is 2. The van der Waals surface area contributed by atoms with Crippen molar-refractivity contribution in [1.29, 1.82) is 0 Å². The van der Waals surface area contributed by atoms with Crippen LogP contribution in [0.5, 0.6) is 0 Å². The zero-order valence-electron chi connectivity index (χ0n) is 37.0. The van der Waals surface area contributed by atoms with Gasteiger partial charge in [0, 0.05) is 12.8 Å². The van der Waals surface area contributed by atoms with E-state index in [-0.39, 0.29) is 26.1 Å². The summed E-state index contributed by atoms with van der Waals surface area (Å²) in [5, 5.41) is 71.7. The van der Waals surface area contributed by atoms with E-state index in [0.717, 1.165) is 51.4 Å². The maximum absolute atomic E-state index is 12.9. The van der Waals surface area contributed by atoms with E-state index in [1.54, 1.807) is 0 Å². The van der Waals surface area contributed by atoms with Gasteiger partial charge in [-0.1, -0.05) is 155 Å². The molecule has 2 aliphatic heterocycles. The van der Waals surface area contributed by atoms with Crippen LogP contribution in [0.1, 0.15) is 181 Å². The molecule has 2 rings (SSSR count). The molecule has 354 valence electrons. The third-order valence-corrected chi connectivity index (χ3v) is 11.6. The zero-order chi connectivity index (χ0) is 44.0. The summed E-state index contributed by atoms with van der Waals surface area (Å²) in [4.78, 5) is 25.5. The lowest BCUT2D eigenvalue weighted by Crippen LogP contribution is -2.61. The van der Waals surface area contributed by atoms with Crippen molar-refractivity contribution in [2.24, 2.45) is 0 Å². The highest BCUT2D eigenvalue weighted by Crippen LogP contribution is 2.26.